The maximum Gasteiger partial charge on any atom is 0.0537 e. The van der Waals surface area contributed by atoms with Crippen molar-refractivity contribution in [3.05, 3.63) is 46.6 Å². The van der Waals surface area contributed by atoms with Crippen molar-refractivity contribution in [2.45, 2.75) is 26.7 Å². The van der Waals surface area contributed by atoms with Gasteiger partial charge in [0.1, 0.15) is 0 Å². The van der Waals surface area contributed by atoms with E-state index in [1.54, 1.807) is 0 Å². The van der Waals surface area contributed by atoms with E-state index in [9.17, 15) is 5.11 Å². The molecule has 0 fully saturated rings. The summed E-state index contributed by atoms with van der Waals surface area (Å²) in [6, 6.07) is 0. The Kier molecular flexibility index (Phi) is 2.92. The Morgan fingerprint density at radius 2 is 2.33 bits per heavy atom. The summed E-state index contributed by atoms with van der Waals surface area (Å²) < 4.78 is 0. The SMILES string of the molecule is C/C=C\C1=C(C)C2=C(CCC=C2)C1CO. The lowest BCUT2D eigenvalue weighted by atomic mass is 9.90. The molecule has 1 atom stereocenters. The first-order valence-corrected chi connectivity index (χ1v) is 5.63. The van der Waals surface area contributed by atoms with Gasteiger partial charge in [0.05, 0.1) is 6.61 Å². The van der Waals surface area contributed by atoms with E-state index < -0.39 is 0 Å². The average Bonchev–Trinajstić information content (AvgIpc) is 2.54. The molecule has 0 aliphatic heterocycles. The summed E-state index contributed by atoms with van der Waals surface area (Å²) in [5.74, 6) is 0.251. The molecule has 0 amide bonds. The molecule has 1 unspecified atom stereocenters. The van der Waals surface area contributed by atoms with Crippen LogP contribution in [0.1, 0.15) is 26.7 Å². The number of rotatable bonds is 2. The molecule has 2 rings (SSSR count). The molecule has 80 valence electrons. The topological polar surface area (TPSA) is 20.2 Å². The quantitative estimate of drug-likeness (QED) is 0.729. The Labute approximate surface area is 91.5 Å². The minimum Gasteiger partial charge on any atom is -0.395 e. The highest BCUT2D eigenvalue weighted by Crippen LogP contribution is 2.42. The monoisotopic (exact) mass is 202 g/mol. The number of allylic oxidation sites excluding steroid dienone is 6. The molecule has 0 aromatic carbocycles. The van der Waals surface area contributed by atoms with Gasteiger partial charge in [-0.15, -0.1) is 0 Å². The van der Waals surface area contributed by atoms with Crippen molar-refractivity contribution in [2.24, 2.45) is 5.92 Å². The van der Waals surface area contributed by atoms with Crippen molar-refractivity contribution < 1.29 is 5.11 Å². The first kappa shape index (κ1) is 10.4. The number of hydrogen-bond donors (Lipinski definition) is 1. The summed E-state index contributed by atoms with van der Waals surface area (Å²) in [6.07, 6.45) is 10.9. The van der Waals surface area contributed by atoms with E-state index >= 15 is 0 Å². The van der Waals surface area contributed by atoms with E-state index in [1.165, 1.54) is 22.3 Å². The van der Waals surface area contributed by atoms with Gasteiger partial charge >= 0.3 is 0 Å². The summed E-state index contributed by atoms with van der Waals surface area (Å²) in [6.45, 7) is 4.43. The zero-order valence-electron chi connectivity index (χ0n) is 9.46. The van der Waals surface area contributed by atoms with Crippen molar-refractivity contribution in [2.75, 3.05) is 6.61 Å². The minimum atomic E-state index is 0.240. The molecule has 0 bridgehead atoms. The summed E-state index contributed by atoms with van der Waals surface area (Å²) in [5, 5.41) is 9.49. The van der Waals surface area contributed by atoms with Crippen molar-refractivity contribution in [1.82, 2.24) is 0 Å². The molecule has 1 N–H and O–H groups in total. The van der Waals surface area contributed by atoms with Crippen molar-refractivity contribution in [3.8, 4) is 0 Å². The van der Waals surface area contributed by atoms with Crippen LogP contribution < -0.4 is 0 Å². The maximum atomic E-state index is 9.49. The highest BCUT2D eigenvalue weighted by Gasteiger charge is 2.29. The van der Waals surface area contributed by atoms with Crippen LogP contribution in [-0.2, 0) is 0 Å². The summed E-state index contributed by atoms with van der Waals surface area (Å²) in [5.41, 5.74) is 5.45. The van der Waals surface area contributed by atoms with Gasteiger partial charge in [-0.25, -0.2) is 0 Å². The molecule has 1 nitrogen and oxygen atoms in total. The van der Waals surface area contributed by atoms with Crippen LogP contribution in [0.15, 0.2) is 46.6 Å². The summed E-state index contributed by atoms with van der Waals surface area (Å²) >= 11 is 0. The molecule has 0 aromatic heterocycles. The van der Waals surface area contributed by atoms with Crippen LogP contribution in [0.5, 0.6) is 0 Å². The third-order valence-electron chi connectivity index (χ3n) is 3.37. The fourth-order valence-electron chi connectivity index (χ4n) is 2.64. The Morgan fingerprint density at radius 3 is 3.00 bits per heavy atom. The molecule has 0 spiro atoms. The van der Waals surface area contributed by atoms with Gasteiger partial charge in [0.25, 0.3) is 0 Å². The Bertz CT molecular complexity index is 380. The van der Waals surface area contributed by atoms with Crippen molar-refractivity contribution in [3.63, 3.8) is 0 Å². The first-order chi connectivity index (χ1) is 7.29. The van der Waals surface area contributed by atoms with Crippen LogP contribution in [-0.4, -0.2) is 11.7 Å². The average molecular weight is 202 g/mol. The fraction of sp³-hybridized carbons (Fsp3) is 0.429. The number of aliphatic hydroxyl groups is 1. The molecule has 0 aromatic rings. The standard InChI is InChI=1S/C14H18O/c1-3-6-11-10(2)12-7-4-5-8-13(12)14(11)9-15/h3-4,6-7,14-15H,5,8-9H2,1-2H3/b6-3-. The first-order valence-electron chi connectivity index (χ1n) is 5.63. The van der Waals surface area contributed by atoms with Gasteiger partial charge in [0, 0.05) is 5.92 Å². The van der Waals surface area contributed by atoms with Gasteiger partial charge in [-0.1, -0.05) is 29.9 Å². The van der Waals surface area contributed by atoms with Gasteiger partial charge in [-0.2, -0.15) is 0 Å². The van der Waals surface area contributed by atoms with Gasteiger partial charge in [-0.05, 0) is 43.4 Å². The lowest BCUT2D eigenvalue weighted by Gasteiger charge is -2.16. The third-order valence-corrected chi connectivity index (χ3v) is 3.37. The van der Waals surface area contributed by atoms with Crippen LogP contribution in [0.25, 0.3) is 0 Å². The molecular weight excluding hydrogens is 184 g/mol. The predicted molar refractivity (Wildman–Crippen MR) is 63.5 cm³/mol. The third kappa shape index (κ3) is 1.61. The molecule has 0 heterocycles. The second-order valence-corrected chi connectivity index (χ2v) is 4.20. The van der Waals surface area contributed by atoms with E-state index in [4.69, 9.17) is 0 Å². The number of hydrogen-bond acceptors (Lipinski definition) is 1. The molecule has 0 radical (unpaired) electrons. The smallest absolute Gasteiger partial charge is 0.0537 e. The normalized spacial score (nSPS) is 25.7. The second-order valence-electron chi connectivity index (χ2n) is 4.20. The molecule has 1 heteroatoms. The van der Waals surface area contributed by atoms with Gasteiger partial charge in [0.15, 0.2) is 0 Å². The summed E-state index contributed by atoms with van der Waals surface area (Å²) in [7, 11) is 0. The van der Waals surface area contributed by atoms with Crippen molar-refractivity contribution in [1.29, 1.82) is 0 Å². The molecule has 2 aliphatic rings. The highest BCUT2D eigenvalue weighted by atomic mass is 16.3. The van der Waals surface area contributed by atoms with E-state index in [0.29, 0.717) is 0 Å². The predicted octanol–water partition coefficient (Wildman–Crippen LogP) is 3.15. The Balaban J connectivity index is 2.44. The van der Waals surface area contributed by atoms with Crippen LogP contribution in [0, 0.1) is 5.92 Å². The lowest BCUT2D eigenvalue weighted by Crippen LogP contribution is -2.09. The van der Waals surface area contributed by atoms with Crippen LogP contribution in [0.3, 0.4) is 0 Å². The van der Waals surface area contributed by atoms with Crippen LogP contribution in [0.4, 0.5) is 0 Å². The van der Waals surface area contributed by atoms with E-state index in [-0.39, 0.29) is 12.5 Å². The van der Waals surface area contributed by atoms with Gasteiger partial charge in [-0.3, -0.25) is 0 Å². The minimum absolute atomic E-state index is 0.240. The zero-order valence-corrected chi connectivity index (χ0v) is 9.46. The lowest BCUT2D eigenvalue weighted by molar-refractivity contribution is 0.264. The molecule has 0 saturated heterocycles. The molecule has 2 aliphatic carbocycles. The van der Waals surface area contributed by atoms with Crippen LogP contribution >= 0.6 is 0 Å². The Morgan fingerprint density at radius 1 is 1.53 bits per heavy atom. The highest BCUT2D eigenvalue weighted by molar-refractivity contribution is 5.58. The largest absolute Gasteiger partial charge is 0.395 e. The van der Waals surface area contributed by atoms with E-state index in [2.05, 4.69) is 31.2 Å². The summed E-state index contributed by atoms with van der Waals surface area (Å²) in [4.78, 5) is 0. The second kappa shape index (κ2) is 4.19. The van der Waals surface area contributed by atoms with Crippen molar-refractivity contribution >= 4 is 0 Å². The van der Waals surface area contributed by atoms with Crippen LogP contribution in [0.2, 0.25) is 0 Å². The molecule has 0 saturated carbocycles. The number of aliphatic hydroxyl groups excluding tert-OH is 1. The van der Waals surface area contributed by atoms with Gasteiger partial charge in [0.2, 0.25) is 0 Å². The van der Waals surface area contributed by atoms with E-state index in [1.807, 2.05) is 6.92 Å². The zero-order chi connectivity index (χ0) is 10.8. The molecule has 15 heavy (non-hydrogen) atoms. The fourth-order valence-corrected chi connectivity index (χ4v) is 2.64. The molecular formula is C14H18O. The Hall–Kier alpha value is -1.08. The maximum absolute atomic E-state index is 9.49. The van der Waals surface area contributed by atoms with Gasteiger partial charge < -0.3 is 5.11 Å². The van der Waals surface area contributed by atoms with E-state index in [0.717, 1.165) is 12.8 Å².